The number of carbonyl (C=O) groups is 1. The standard InChI is InChI=1S/C33H56O3/c1-9-10-21-33-28(6)27(5)31(35)23-30(33)19-22-32(8,36-33)20-13-17-25(3)15-11-14-24(2)16-12-18-26(4)29(7)34/h16,23,25-26,31,35H,9-15,17-22H2,1-8H3/b24-16+. The summed E-state index contributed by atoms with van der Waals surface area (Å²) >= 11 is 0. The Kier molecular flexibility index (Phi) is 12.2. The van der Waals surface area contributed by atoms with Crippen molar-refractivity contribution in [2.24, 2.45) is 11.8 Å². The van der Waals surface area contributed by atoms with E-state index in [1.807, 2.05) is 6.92 Å². The van der Waals surface area contributed by atoms with Crippen molar-refractivity contribution in [3.63, 3.8) is 0 Å². The molecule has 1 N–H and O–H groups in total. The van der Waals surface area contributed by atoms with Crippen molar-refractivity contribution in [2.75, 3.05) is 0 Å². The lowest BCUT2D eigenvalue weighted by Gasteiger charge is -2.52. The Morgan fingerprint density at radius 3 is 2.50 bits per heavy atom. The van der Waals surface area contributed by atoms with Crippen LogP contribution in [0.25, 0.3) is 0 Å². The average Bonchev–Trinajstić information content (AvgIpc) is 2.82. The van der Waals surface area contributed by atoms with E-state index < -0.39 is 6.10 Å². The minimum atomic E-state index is -0.453. The third kappa shape index (κ3) is 8.42. The first-order chi connectivity index (χ1) is 16.9. The lowest BCUT2D eigenvalue weighted by Crippen LogP contribution is -2.51. The maximum Gasteiger partial charge on any atom is 0.132 e. The van der Waals surface area contributed by atoms with Gasteiger partial charge in [-0.05, 0) is 115 Å². The topological polar surface area (TPSA) is 46.5 Å². The highest BCUT2D eigenvalue weighted by molar-refractivity contribution is 5.77. The summed E-state index contributed by atoms with van der Waals surface area (Å²) in [5, 5.41) is 10.5. The first-order valence-electron chi connectivity index (χ1n) is 14.9. The maximum atomic E-state index is 11.4. The van der Waals surface area contributed by atoms with E-state index in [2.05, 4.69) is 53.7 Å². The molecule has 0 saturated carbocycles. The summed E-state index contributed by atoms with van der Waals surface area (Å²) in [6.45, 7) is 17.2. The number of allylic oxidation sites excluding steroid dienone is 2. The number of ether oxygens (including phenoxy) is 1. The van der Waals surface area contributed by atoms with Crippen LogP contribution in [0, 0.1) is 11.8 Å². The van der Waals surface area contributed by atoms with Gasteiger partial charge in [0.15, 0.2) is 0 Å². The van der Waals surface area contributed by atoms with E-state index in [0.29, 0.717) is 5.78 Å². The molecule has 5 atom stereocenters. The Morgan fingerprint density at radius 2 is 1.83 bits per heavy atom. The molecule has 0 aromatic carbocycles. The molecule has 5 unspecified atom stereocenters. The molecular weight excluding hydrogens is 444 g/mol. The number of Topliss-reactive ketones (excluding diaryl/α,β-unsaturated/α-hetero) is 1. The minimum Gasteiger partial charge on any atom is -0.385 e. The summed E-state index contributed by atoms with van der Waals surface area (Å²) in [4.78, 5) is 11.4. The van der Waals surface area contributed by atoms with Crippen molar-refractivity contribution in [1.29, 1.82) is 0 Å². The zero-order valence-corrected chi connectivity index (χ0v) is 24.8. The summed E-state index contributed by atoms with van der Waals surface area (Å²) in [5.41, 5.74) is 4.72. The van der Waals surface area contributed by atoms with Crippen LogP contribution in [0.1, 0.15) is 139 Å². The molecule has 3 nitrogen and oxygen atoms in total. The van der Waals surface area contributed by atoms with Gasteiger partial charge in [-0.15, -0.1) is 0 Å². The lowest BCUT2D eigenvalue weighted by molar-refractivity contribution is -0.146. The van der Waals surface area contributed by atoms with E-state index in [1.165, 1.54) is 48.8 Å². The zero-order chi connectivity index (χ0) is 26.9. The molecule has 0 amide bonds. The monoisotopic (exact) mass is 500 g/mol. The minimum absolute atomic E-state index is 0.0923. The van der Waals surface area contributed by atoms with Gasteiger partial charge in [-0.2, -0.15) is 0 Å². The van der Waals surface area contributed by atoms with Gasteiger partial charge in [0.1, 0.15) is 11.4 Å². The van der Waals surface area contributed by atoms with Crippen LogP contribution in [0.2, 0.25) is 0 Å². The van der Waals surface area contributed by atoms with Crippen LogP contribution < -0.4 is 0 Å². The molecule has 36 heavy (non-hydrogen) atoms. The van der Waals surface area contributed by atoms with E-state index in [1.54, 1.807) is 6.92 Å². The van der Waals surface area contributed by atoms with E-state index in [9.17, 15) is 9.90 Å². The first-order valence-corrected chi connectivity index (χ1v) is 14.9. The fraction of sp³-hybridized carbons (Fsp3) is 0.788. The van der Waals surface area contributed by atoms with Crippen molar-refractivity contribution >= 4 is 5.78 Å². The SMILES string of the molecule is CCCCC12OC(C)(CCCC(C)CCC/C(C)=C/CCC(C)C(C)=O)CCC1=CC(O)C(C)=C2C. The van der Waals surface area contributed by atoms with Gasteiger partial charge in [0.25, 0.3) is 0 Å². The van der Waals surface area contributed by atoms with Crippen LogP contribution in [-0.2, 0) is 9.53 Å². The third-order valence-electron chi connectivity index (χ3n) is 9.20. The molecule has 0 aromatic heterocycles. The van der Waals surface area contributed by atoms with Gasteiger partial charge in [0.05, 0.1) is 11.7 Å². The van der Waals surface area contributed by atoms with Crippen molar-refractivity contribution in [3.8, 4) is 0 Å². The number of aliphatic hydroxyl groups excluding tert-OH is 1. The highest BCUT2D eigenvalue weighted by atomic mass is 16.5. The molecule has 206 valence electrons. The Morgan fingerprint density at radius 1 is 1.14 bits per heavy atom. The van der Waals surface area contributed by atoms with Gasteiger partial charge in [-0.1, -0.05) is 64.5 Å². The van der Waals surface area contributed by atoms with E-state index in [-0.39, 0.29) is 17.1 Å². The van der Waals surface area contributed by atoms with Crippen LogP contribution >= 0.6 is 0 Å². The summed E-state index contributed by atoms with van der Waals surface area (Å²) in [5.74, 6) is 1.22. The number of unbranched alkanes of at least 4 members (excludes halogenated alkanes) is 1. The maximum absolute atomic E-state index is 11.4. The quantitative estimate of drug-likeness (QED) is 0.228. The molecule has 1 fully saturated rings. The second-order valence-electron chi connectivity index (χ2n) is 12.5. The van der Waals surface area contributed by atoms with Gasteiger partial charge >= 0.3 is 0 Å². The number of hydrogen-bond acceptors (Lipinski definition) is 3. The largest absolute Gasteiger partial charge is 0.385 e. The van der Waals surface area contributed by atoms with Crippen LogP contribution in [0.3, 0.4) is 0 Å². The second kappa shape index (κ2) is 14.1. The number of fused-ring (bicyclic) bond motifs is 1. The molecule has 0 bridgehead atoms. The summed E-state index contributed by atoms with van der Waals surface area (Å²) < 4.78 is 7.10. The first kappa shape index (κ1) is 31.0. The van der Waals surface area contributed by atoms with Crippen LogP contribution in [-0.4, -0.2) is 28.2 Å². The fourth-order valence-electron chi connectivity index (χ4n) is 6.11. The van der Waals surface area contributed by atoms with Crippen molar-refractivity contribution in [1.82, 2.24) is 0 Å². The van der Waals surface area contributed by atoms with Crippen molar-refractivity contribution in [3.05, 3.63) is 34.4 Å². The Hall–Kier alpha value is -1.19. The lowest BCUT2D eigenvalue weighted by atomic mass is 9.69. The number of aliphatic hydroxyl groups is 1. The molecule has 1 heterocycles. The van der Waals surface area contributed by atoms with Gasteiger partial charge in [-0.25, -0.2) is 0 Å². The van der Waals surface area contributed by atoms with Gasteiger partial charge in [0, 0.05) is 5.92 Å². The number of rotatable bonds is 15. The van der Waals surface area contributed by atoms with E-state index in [0.717, 1.165) is 62.9 Å². The number of carbonyl (C=O) groups excluding carboxylic acids is 1. The highest BCUT2D eigenvalue weighted by Crippen LogP contribution is 2.51. The zero-order valence-electron chi connectivity index (χ0n) is 24.8. The van der Waals surface area contributed by atoms with Gasteiger partial charge in [-0.3, -0.25) is 4.79 Å². The van der Waals surface area contributed by atoms with E-state index in [4.69, 9.17) is 4.74 Å². The Bertz CT molecular complexity index is 819. The predicted molar refractivity (Wildman–Crippen MR) is 153 cm³/mol. The van der Waals surface area contributed by atoms with Crippen LogP contribution in [0.5, 0.6) is 0 Å². The second-order valence-corrected chi connectivity index (χ2v) is 12.5. The van der Waals surface area contributed by atoms with Crippen LogP contribution in [0.4, 0.5) is 0 Å². The Balaban J connectivity index is 1.82. The molecule has 2 aliphatic rings. The molecule has 2 rings (SSSR count). The van der Waals surface area contributed by atoms with Crippen LogP contribution in [0.15, 0.2) is 34.4 Å². The Labute approximate surface area is 222 Å². The molecule has 0 spiro atoms. The molecule has 1 saturated heterocycles. The summed E-state index contributed by atoms with van der Waals surface area (Å²) in [6, 6.07) is 0. The summed E-state index contributed by atoms with van der Waals surface area (Å²) in [7, 11) is 0. The van der Waals surface area contributed by atoms with E-state index >= 15 is 0 Å². The van der Waals surface area contributed by atoms with Crippen molar-refractivity contribution < 1.29 is 14.6 Å². The summed E-state index contributed by atoms with van der Waals surface area (Å²) in [6.07, 6.45) is 18.7. The highest BCUT2D eigenvalue weighted by Gasteiger charge is 2.49. The van der Waals surface area contributed by atoms with Crippen molar-refractivity contribution in [2.45, 2.75) is 156 Å². The average molecular weight is 501 g/mol. The number of hydrogen-bond donors (Lipinski definition) is 1. The molecule has 1 aliphatic heterocycles. The van der Waals surface area contributed by atoms with Gasteiger partial charge in [0.2, 0.25) is 0 Å². The molecule has 0 aromatic rings. The normalized spacial score (nSPS) is 28.5. The molecule has 3 heteroatoms. The third-order valence-corrected chi connectivity index (χ3v) is 9.20. The smallest absolute Gasteiger partial charge is 0.132 e. The van der Waals surface area contributed by atoms with Gasteiger partial charge < -0.3 is 9.84 Å². The molecule has 1 aliphatic carbocycles. The number of ketones is 1. The predicted octanol–water partition coefficient (Wildman–Crippen LogP) is 9.05. The fourth-order valence-corrected chi connectivity index (χ4v) is 6.11. The molecular formula is C33H56O3. The molecule has 0 radical (unpaired) electrons.